The first-order valence-electron chi connectivity index (χ1n) is 10.3. The van der Waals surface area contributed by atoms with Crippen LogP contribution in [0.15, 0.2) is 40.3 Å². The van der Waals surface area contributed by atoms with E-state index < -0.39 is 0 Å². The van der Waals surface area contributed by atoms with Gasteiger partial charge in [0.1, 0.15) is 5.02 Å². The maximum Gasteiger partial charge on any atom is 0.269 e. The number of aryl methyl sites for hydroxylation is 1. The summed E-state index contributed by atoms with van der Waals surface area (Å²) in [7, 11) is 0. The highest BCUT2D eigenvalue weighted by molar-refractivity contribution is 6.34. The number of hydrogen-bond donors (Lipinski definition) is 2. The van der Waals surface area contributed by atoms with Gasteiger partial charge in [-0.05, 0) is 43.9 Å². The lowest BCUT2D eigenvalue weighted by molar-refractivity contribution is 0.227. The molecule has 0 spiro atoms. The van der Waals surface area contributed by atoms with Crippen LogP contribution < -0.4 is 11.3 Å². The first-order valence-corrected chi connectivity index (χ1v) is 11.1. The molecule has 3 rings (SSSR count). The summed E-state index contributed by atoms with van der Waals surface area (Å²) in [5.74, 6) is 0.0638. The van der Waals surface area contributed by atoms with Gasteiger partial charge in [-0.1, -0.05) is 66.0 Å². The Labute approximate surface area is 186 Å². The van der Waals surface area contributed by atoms with E-state index in [2.05, 4.69) is 17.0 Å². The van der Waals surface area contributed by atoms with Gasteiger partial charge in [0.15, 0.2) is 5.84 Å². The van der Waals surface area contributed by atoms with Gasteiger partial charge in [0.05, 0.1) is 10.7 Å². The number of nitrogens with zero attached hydrogens (tertiary/aromatic N) is 3. The minimum absolute atomic E-state index is 0.0638. The van der Waals surface area contributed by atoms with Gasteiger partial charge in [-0.2, -0.15) is 0 Å². The molecule has 1 fully saturated rings. The minimum atomic E-state index is -0.212. The Balaban J connectivity index is 1.82. The molecule has 0 amide bonds. The van der Waals surface area contributed by atoms with Crippen molar-refractivity contribution in [3.8, 4) is 0 Å². The highest BCUT2D eigenvalue weighted by Crippen LogP contribution is 2.27. The van der Waals surface area contributed by atoms with Crippen LogP contribution in [0.1, 0.15) is 49.4 Å². The molecule has 0 aliphatic carbocycles. The molecule has 1 aromatic carbocycles. The molecule has 2 heterocycles. The fourth-order valence-electron chi connectivity index (χ4n) is 4.13. The molecule has 0 radical (unpaired) electrons. The Hall–Kier alpha value is -2.02. The van der Waals surface area contributed by atoms with Crippen molar-refractivity contribution in [1.29, 1.82) is 0 Å². The second-order valence-corrected chi connectivity index (χ2v) is 8.55. The first-order chi connectivity index (χ1) is 14.4. The van der Waals surface area contributed by atoms with E-state index in [4.69, 9.17) is 34.1 Å². The molecular formula is C22H28Cl2N4O2. The van der Waals surface area contributed by atoms with Crippen LogP contribution >= 0.6 is 23.2 Å². The van der Waals surface area contributed by atoms with E-state index in [9.17, 15) is 4.79 Å². The van der Waals surface area contributed by atoms with E-state index in [1.54, 1.807) is 22.8 Å². The zero-order valence-electron chi connectivity index (χ0n) is 17.2. The van der Waals surface area contributed by atoms with Crippen LogP contribution in [0, 0.1) is 0 Å². The van der Waals surface area contributed by atoms with Crippen LogP contribution in [0.25, 0.3) is 0 Å². The zero-order valence-corrected chi connectivity index (χ0v) is 18.7. The summed E-state index contributed by atoms with van der Waals surface area (Å²) in [5, 5.41) is 12.5. The third kappa shape index (κ3) is 5.17. The minimum Gasteiger partial charge on any atom is -0.409 e. The van der Waals surface area contributed by atoms with Crippen molar-refractivity contribution in [1.82, 2.24) is 9.47 Å². The molecule has 0 saturated carbocycles. The molecule has 162 valence electrons. The molecule has 6 nitrogen and oxygen atoms in total. The average Bonchev–Trinajstić information content (AvgIpc) is 3.18. The van der Waals surface area contributed by atoms with Crippen LogP contribution in [0.5, 0.6) is 0 Å². The summed E-state index contributed by atoms with van der Waals surface area (Å²) in [5.41, 5.74) is 7.89. The van der Waals surface area contributed by atoms with Crippen LogP contribution in [0.2, 0.25) is 10.0 Å². The van der Waals surface area contributed by atoms with Crippen molar-refractivity contribution in [2.45, 2.75) is 58.2 Å². The van der Waals surface area contributed by atoms with Crippen LogP contribution in [0.4, 0.5) is 0 Å². The molecule has 0 unspecified atom stereocenters. The number of hydrogen-bond acceptors (Lipinski definition) is 4. The highest BCUT2D eigenvalue weighted by atomic mass is 35.5. The SMILES string of the molecule is CCC[C@H]1CCCN1Cc1c(Cl)cc(Cl)c(=O)n1CCc1ccc(/C(N)=N/O)cc1. The predicted octanol–water partition coefficient (Wildman–Crippen LogP) is 4.26. The lowest BCUT2D eigenvalue weighted by Crippen LogP contribution is -2.33. The maximum atomic E-state index is 12.8. The molecule has 30 heavy (non-hydrogen) atoms. The normalized spacial score (nSPS) is 17.6. The Morgan fingerprint density at radius 3 is 2.67 bits per heavy atom. The molecular weight excluding hydrogens is 423 g/mol. The van der Waals surface area contributed by atoms with Gasteiger partial charge < -0.3 is 15.5 Å². The number of aromatic nitrogens is 1. The van der Waals surface area contributed by atoms with Gasteiger partial charge in [0.2, 0.25) is 0 Å². The Kier molecular flexibility index (Phi) is 7.81. The molecule has 1 atom stereocenters. The Bertz CT molecular complexity index is 957. The largest absolute Gasteiger partial charge is 0.409 e. The average molecular weight is 451 g/mol. The van der Waals surface area contributed by atoms with Crippen molar-refractivity contribution < 1.29 is 5.21 Å². The molecule has 1 saturated heterocycles. The van der Waals surface area contributed by atoms with Crippen LogP contribution in [0.3, 0.4) is 0 Å². The molecule has 1 aliphatic heterocycles. The summed E-state index contributed by atoms with van der Waals surface area (Å²) in [4.78, 5) is 15.3. The van der Waals surface area contributed by atoms with Gasteiger partial charge in [-0.25, -0.2) is 0 Å². The number of likely N-dealkylation sites (tertiary alicyclic amines) is 1. The summed E-state index contributed by atoms with van der Waals surface area (Å²) < 4.78 is 1.71. The fraction of sp³-hybridized carbons (Fsp3) is 0.455. The van der Waals surface area contributed by atoms with Gasteiger partial charge in [-0.3, -0.25) is 9.69 Å². The zero-order chi connectivity index (χ0) is 21.7. The summed E-state index contributed by atoms with van der Waals surface area (Å²) in [6.45, 7) is 4.35. The number of benzene rings is 1. The third-order valence-corrected chi connectivity index (χ3v) is 6.36. The van der Waals surface area contributed by atoms with E-state index in [1.807, 2.05) is 12.1 Å². The van der Waals surface area contributed by atoms with Crippen molar-refractivity contribution in [2.75, 3.05) is 6.54 Å². The quantitative estimate of drug-likeness (QED) is 0.272. The monoisotopic (exact) mass is 450 g/mol. The first kappa shape index (κ1) is 22.7. The number of pyridine rings is 1. The van der Waals surface area contributed by atoms with E-state index in [0.717, 1.165) is 30.6 Å². The van der Waals surface area contributed by atoms with E-state index >= 15 is 0 Å². The van der Waals surface area contributed by atoms with Crippen molar-refractivity contribution in [3.63, 3.8) is 0 Å². The van der Waals surface area contributed by atoms with Crippen LogP contribution in [-0.2, 0) is 19.5 Å². The highest BCUT2D eigenvalue weighted by Gasteiger charge is 2.26. The van der Waals surface area contributed by atoms with E-state index in [-0.39, 0.29) is 16.4 Å². The Morgan fingerprint density at radius 2 is 2.00 bits per heavy atom. The number of nitrogens with two attached hydrogens (primary N) is 1. The van der Waals surface area contributed by atoms with Gasteiger partial charge in [0.25, 0.3) is 5.56 Å². The fourth-order valence-corrected chi connectivity index (χ4v) is 4.67. The van der Waals surface area contributed by atoms with Crippen molar-refractivity contribution in [3.05, 3.63) is 67.6 Å². The van der Waals surface area contributed by atoms with Gasteiger partial charge in [0, 0.05) is 24.7 Å². The van der Waals surface area contributed by atoms with Gasteiger partial charge >= 0.3 is 0 Å². The molecule has 8 heteroatoms. The predicted molar refractivity (Wildman–Crippen MR) is 122 cm³/mol. The molecule has 1 aliphatic rings. The standard InChI is InChI=1S/C22H28Cl2N4O2/c1-2-4-17-5-3-11-27(17)14-20-18(23)13-19(24)22(29)28(20)12-10-15-6-8-16(9-7-15)21(25)26-30/h6-9,13,17,30H,2-5,10-12,14H2,1H3,(H2,25,26)/t17-/m0/s1. The summed E-state index contributed by atoms with van der Waals surface area (Å²) in [6.07, 6.45) is 5.30. The topological polar surface area (TPSA) is 83.9 Å². The third-order valence-electron chi connectivity index (χ3n) is 5.76. The number of oxime groups is 1. The number of amidine groups is 1. The smallest absolute Gasteiger partial charge is 0.269 e. The second kappa shape index (κ2) is 10.3. The summed E-state index contributed by atoms with van der Waals surface area (Å²) >= 11 is 12.7. The molecule has 2 aromatic rings. The summed E-state index contributed by atoms with van der Waals surface area (Å²) in [6, 6.07) is 9.49. The lowest BCUT2D eigenvalue weighted by Gasteiger charge is -2.26. The molecule has 1 aromatic heterocycles. The number of rotatable bonds is 8. The lowest BCUT2D eigenvalue weighted by atomic mass is 10.1. The van der Waals surface area contributed by atoms with E-state index in [1.165, 1.54) is 12.8 Å². The van der Waals surface area contributed by atoms with E-state index in [0.29, 0.717) is 36.1 Å². The number of halogens is 2. The second-order valence-electron chi connectivity index (χ2n) is 7.73. The van der Waals surface area contributed by atoms with Crippen LogP contribution in [-0.4, -0.2) is 33.1 Å². The van der Waals surface area contributed by atoms with Crippen molar-refractivity contribution >= 4 is 29.0 Å². The maximum absolute atomic E-state index is 12.8. The molecule has 0 bridgehead atoms. The van der Waals surface area contributed by atoms with Crippen molar-refractivity contribution in [2.24, 2.45) is 10.9 Å². The molecule has 3 N–H and O–H groups in total. The van der Waals surface area contributed by atoms with Gasteiger partial charge in [-0.15, -0.1) is 0 Å². The Morgan fingerprint density at radius 1 is 1.27 bits per heavy atom.